The predicted molar refractivity (Wildman–Crippen MR) is 66.1 cm³/mol. The molecule has 0 spiro atoms. The summed E-state index contributed by atoms with van der Waals surface area (Å²) >= 11 is 0. The fraction of sp³-hybridized carbons (Fsp3) is 0.462. The molecule has 4 heteroatoms. The minimum atomic E-state index is -0.172. The van der Waals surface area contributed by atoms with Gasteiger partial charge in [0.15, 0.2) is 18.1 Å². The largest absolute Gasteiger partial charge is 0.504 e. The molecule has 0 atom stereocenters. The number of phenols is 1. The van der Waals surface area contributed by atoms with Gasteiger partial charge in [0.2, 0.25) is 0 Å². The fourth-order valence-corrected chi connectivity index (χ4v) is 1.27. The van der Waals surface area contributed by atoms with E-state index in [-0.39, 0.29) is 18.3 Å². The summed E-state index contributed by atoms with van der Waals surface area (Å²) in [5.41, 5.74) is 0. The molecule has 0 aliphatic rings. The number of phenolic OH excluding ortho intramolecular Hbond substituents is 1. The SMILES string of the molecule is CC(C)CCNC(=O)COc1ccccc1O. The first kappa shape index (κ1) is 13.4. The second-order valence-electron chi connectivity index (χ2n) is 4.29. The van der Waals surface area contributed by atoms with Crippen LogP contribution in [0.25, 0.3) is 0 Å². The molecule has 0 unspecified atom stereocenters. The second kappa shape index (κ2) is 6.78. The van der Waals surface area contributed by atoms with Crippen molar-refractivity contribution >= 4 is 5.91 Å². The van der Waals surface area contributed by atoms with Gasteiger partial charge < -0.3 is 15.2 Å². The maximum atomic E-state index is 11.4. The highest BCUT2D eigenvalue weighted by atomic mass is 16.5. The van der Waals surface area contributed by atoms with E-state index in [9.17, 15) is 9.90 Å². The van der Waals surface area contributed by atoms with Gasteiger partial charge in [-0.05, 0) is 24.5 Å². The van der Waals surface area contributed by atoms with Crippen molar-refractivity contribution in [2.75, 3.05) is 13.2 Å². The van der Waals surface area contributed by atoms with Gasteiger partial charge in [0.05, 0.1) is 0 Å². The summed E-state index contributed by atoms with van der Waals surface area (Å²) in [5.74, 6) is 0.761. The molecule has 0 aromatic heterocycles. The quantitative estimate of drug-likeness (QED) is 0.794. The van der Waals surface area contributed by atoms with Crippen LogP contribution in [0.5, 0.6) is 11.5 Å². The van der Waals surface area contributed by atoms with Crippen molar-refractivity contribution in [3.63, 3.8) is 0 Å². The average molecular weight is 237 g/mol. The van der Waals surface area contributed by atoms with Crippen molar-refractivity contribution in [3.05, 3.63) is 24.3 Å². The third-order valence-electron chi connectivity index (χ3n) is 2.27. The van der Waals surface area contributed by atoms with Crippen LogP contribution in [0.4, 0.5) is 0 Å². The molecule has 0 bridgehead atoms. The third-order valence-corrected chi connectivity index (χ3v) is 2.27. The first-order valence-electron chi connectivity index (χ1n) is 5.77. The Kier molecular flexibility index (Phi) is 5.33. The number of amides is 1. The Morgan fingerprint density at radius 1 is 1.41 bits per heavy atom. The molecule has 1 amide bonds. The molecular weight excluding hydrogens is 218 g/mol. The van der Waals surface area contributed by atoms with Gasteiger partial charge in [0.1, 0.15) is 0 Å². The van der Waals surface area contributed by atoms with Gasteiger partial charge in [-0.1, -0.05) is 26.0 Å². The summed E-state index contributed by atoms with van der Waals surface area (Å²) in [6.07, 6.45) is 0.947. The van der Waals surface area contributed by atoms with Crippen molar-refractivity contribution < 1.29 is 14.6 Å². The lowest BCUT2D eigenvalue weighted by atomic mass is 10.1. The molecule has 2 N–H and O–H groups in total. The molecule has 0 heterocycles. The minimum absolute atomic E-state index is 0.0440. The van der Waals surface area contributed by atoms with E-state index in [1.54, 1.807) is 18.2 Å². The van der Waals surface area contributed by atoms with Crippen molar-refractivity contribution in [2.24, 2.45) is 5.92 Å². The number of carbonyl (C=O) groups is 1. The highest BCUT2D eigenvalue weighted by Gasteiger charge is 2.05. The zero-order valence-electron chi connectivity index (χ0n) is 10.3. The normalized spacial score (nSPS) is 10.3. The van der Waals surface area contributed by atoms with Crippen molar-refractivity contribution in [1.29, 1.82) is 0 Å². The molecule has 4 nitrogen and oxygen atoms in total. The molecule has 1 aromatic rings. The Balaban J connectivity index is 2.26. The van der Waals surface area contributed by atoms with E-state index in [0.29, 0.717) is 18.2 Å². The predicted octanol–water partition coefficient (Wildman–Crippen LogP) is 1.93. The molecule has 0 aliphatic heterocycles. The average Bonchev–Trinajstić information content (AvgIpc) is 2.27. The molecule has 94 valence electrons. The lowest BCUT2D eigenvalue weighted by Gasteiger charge is -2.09. The summed E-state index contributed by atoms with van der Waals surface area (Å²) in [6.45, 7) is 4.78. The maximum Gasteiger partial charge on any atom is 0.257 e. The number of hydrogen-bond donors (Lipinski definition) is 2. The van der Waals surface area contributed by atoms with Crippen LogP contribution in [0.1, 0.15) is 20.3 Å². The number of para-hydroxylation sites is 2. The molecule has 1 aromatic carbocycles. The van der Waals surface area contributed by atoms with Crippen LogP contribution in [0.15, 0.2) is 24.3 Å². The van der Waals surface area contributed by atoms with Crippen LogP contribution < -0.4 is 10.1 Å². The summed E-state index contributed by atoms with van der Waals surface area (Å²) in [7, 11) is 0. The fourth-order valence-electron chi connectivity index (χ4n) is 1.27. The molecule has 0 saturated carbocycles. The number of hydrogen-bond acceptors (Lipinski definition) is 3. The van der Waals surface area contributed by atoms with Gasteiger partial charge >= 0.3 is 0 Å². The van der Waals surface area contributed by atoms with Crippen LogP contribution in [-0.2, 0) is 4.79 Å². The first-order valence-corrected chi connectivity index (χ1v) is 5.77. The van der Waals surface area contributed by atoms with Gasteiger partial charge in [-0.2, -0.15) is 0 Å². The summed E-state index contributed by atoms with van der Waals surface area (Å²) in [6, 6.07) is 6.58. The zero-order valence-corrected chi connectivity index (χ0v) is 10.3. The Bertz CT molecular complexity index is 363. The van der Waals surface area contributed by atoms with E-state index < -0.39 is 0 Å². The number of carbonyl (C=O) groups excluding carboxylic acids is 1. The third kappa shape index (κ3) is 5.24. The molecular formula is C13H19NO3. The molecule has 1 rings (SSSR count). The molecule has 0 saturated heterocycles. The second-order valence-corrected chi connectivity index (χ2v) is 4.29. The zero-order chi connectivity index (χ0) is 12.7. The van der Waals surface area contributed by atoms with Gasteiger partial charge in [-0.3, -0.25) is 4.79 Å². The van der Waals surface area contributed by atoms with Crippen molar-refractivity contribution in [2.45, 2.75) is 20.3 Å². The van der Waals surface area contributed by atoms with Gasteiger partial charge in [-0.25, -0.2) is 0 Å². The van der Waals surface area contributed by atoms with Crippen molar-refractivity contribution in [3.8, 4) is 11.5 Å². The minimum Gasteiger partial charge on any atom is -0.504 e. The van der Waals surface area contributed by atoms with Crippen LogP contribution in [-0.4, -0.2) is 24.2 Å². The first-order chi connectivity index (χ1) is 8.09. The lowest BCUT2D eigenvalue weighted by Crippen LogP contribution is -2.30. The van der Waals surface area contributed by atoms with E-state index in [2.05, 4.69) is 19.2 Å². The number of aromatic hydroxyl groups is 1. The number of nitrogens with one attached hydrogen (secondary N) is 1. The highest BCUT2D eigenvalue weighted by Crippen LogP contribution is 2.23. The topological polar surface area (TPSA) is 58.6 Å². The lowest BCUT2D eigenvalue weighted by molar-refractivity contribution is -0.123. The molecule has 17 heavy (non-hydrogen) atoms. The van der Waals surface area contributed by atoms with Crippen LogP contribution >= 0.6 is 0 Å². The Hall–Kier alpha value is -1.71. The van der Waals surface area contributed by atoms with Crippen molar-refractivity contribution in [1.82, 2.24) is 5.32 Å². The van der Waals surface area contributed by atoms with E-state index in [1.807, 2.05) is 0 Å². The van der Waals surface area contributed by atoms with Gasteiger partial charge in [0.25, 0.3) is 5.91 Å². The molecule has 0 fully saturated rings. The smallest absolute Gasteiger partial charge is 0.257 e. The van der Waals surface area contributed by atoms with Crippen LogP contribution in [0.3, 0.4) is 0 Å². The van der Waals surface area contributed by atoms with Gasteiger partial charge in [0, 0.05) is 6.54 Å². The summed E-state index contributed by atoms with van der Waals surface area (Å²) in [5, 5.41) is 12.2. The monoisotopic (exact) mass is 237 g/mol. The van der Waals surface area contributed by atoms with E-state index in [0.717, 1.165) is 6.42 Å². The van der Waals surface area contributed by atoms with E-state index in [1.165, 1.54) is 6.07 Å². The van der Waals surface area contributed by atoms with Gasteiger partial charge in [-0.15, -0.1) is 0 Å². The molecule has 0 radical (unpaired) electrons. The van der Waals surface area contributed by atoms with E-state index >= 15 is 0 Å². The number of benzene rings is 1. The Labute approximate surface area is 102 Å². The van der Waals surface area contributed by atoms with Crippen LogP contribution in [0.2, 0.25) is 0 Å². The molecule has 0 aliphatic carbocycles. The van der Waals surface area contributed by atoms with Crippen LogP contribution in [0, 0.1) is 5.92 Å². The summed E-state index contributed by atoms with van der Waals surface area (Å²) < 4.78 is 5.19. The Morgan fingerprint density at radius 3 is 2.76 bits per heavy atom. The number of rotatable bonds is 6. The number of ether oxygens (including phenoxy) is 1. The van der Waals surface area contributed by atoms with E-state index in [4.69, 9.17) is 4.74 Å². The summed E-state index contributed by atoms with van der Waals surface area (Å²) in [4.78, 5) is 11.4. The standard InChI is InChI=1S/C13H19NO3/c1-10(2)7-8-14-13(16)9-17-12-6-4-3-5-11(12)15/h3-6,10,15H,7-9H2,1-2H3,(H,14,16). The highest BCUT2D eigenvalue weighted by molar-refractivity contribution is 5.77. The maximum absolute atomic E-state index is 11.4. The Morgan fingerprint density at radius 2 is 2.12 bits per heavy atom.